The molecule has 1 atom stereocenters. The number of rotatable bonds is 1. The van der Waals surface area contributed by atoms with Gasteiger partial charge in [0.2, 0.25) is 0 Å². The largest absolute Gasteiger partial charge is 0.508 e. The van der Waals surface area contributed by atoms with Crippen molar-refractivity contribution in [2.24, 2.45) is 4.99 Å². The number of likely N-dealkylation sites (N-methyl/N-ethyl adjacent to an activating group) is 1. The van der Waals surface area contributed by atoms with E-state index in [4.69, 9.17) is 11.6 Å². The molecule has 0 radical (unpaired) electrons. The van der Waals surface area contributed by atoms with Crippen LogP contribution in [0.25, 0.3) is 0 Å². The molecule has 1 unspecified atom stereocenters. The SMILES string of the molecule is CN(C)C1=NC(c2c(F)cccc2Cl)c2c(O)cccc2C1. The number of fused-ring (bicyclic) bond motifs is 1. The van der Waals surface area contributed by atoms with Gasteiger partial charge >= 0.3 is 0 Å². The highest BCUT2D eigenvalue weighted by Crippen LogP contribution is 2.41. The fraction of sp³-hybridized carbons (Fsp3) is 0.235. The van der Waals surface area contributed by atoms with Crippen molar-refractivity contribution in [3.05, 3.63) is 63.9 Å². The maximum absolute atomic E-state index is 14.3. The van der Waals surface area contributed by atoms with Crippen LogP contribution in [0.15, 0.2) is 41.4 Å². The number of aromatic hydroxyl groups is 1. The number of phenolic OH excluding ortho intramolecular Hbond substituents is 1. The molecular formula is C17H16ClFN2O. The van der Waals surface area contributed by atoms with Gasteiger partial charge in [0.1, 0.15) is 23.4 Å². The molecule has 1 aliphatic heterocycles. The predicted octanol–water partition coefficient (Wildman–Crippen LogP) is 3.79. The molecule has 1 N–H and O–H groups in total. The summed E-state index contributed by atoms with van der Waals surface area (Å²) in [6.07, 6.45) is 0.597. The van der Waals surface area contributed by atoms with Gasteiger partial charge in [-0.25, -0.2) is 4.39 Å². The Morgan fingerprint density at radius 3 is 2.59 bits per heavy atom. The first-order valence-electron chi connectivity index (χ1n) is 6.97. The number of amidine groups is 1. The van der Waals surface area contributed by atoms with Gasteiger partial charge < -0.3 is 10.0 Å². The summed E-state index contributed by atoms with van der Waals surface area (Å²) in [6, 6.07) is 9.22. The summed E-state index contributed by atoms with van der Waals surface area (Å²) >= 11 is 6.20. The average molecular weight is 319 g/mol. The molecule has 0 bridgehead atoms. The van der Waals surface area contributed by atoms with Gasteiger partial charge in [-0.1, -0.05) is 29.8 Å². The van der Waals surface area contributed by atoms with E-state index in [-0.39, 0.29) is 5.75 Å². The lowest BCUT2D eigenvalue weighted by atomic mass is 9.89. The lowest BCUT2D eigenvalue weighted by molar-refractivity contribution is 0.460. The molecule has 2 aromatic rings. The molecule has 0 saturated carbocycles. The second-order valence-electron chi connectivity index (χ2n) is 5.50. The minimum atomic E-state index is -0.643. The maximum Gasteiger partial charge on any atom is 0.130 e. The highest BCUT2D eigenvalue weighted by atomic mass is 35.5. The van der Waals surface area contributed by atoms with Gasteiger partial charge in [0, 0.05) is 36.7 Å². The first-order chi connectivity index (χ1) is 10.5. The lowest BCUT2D eigenvalue weighted by Gasteiger charge is -2.28. The van der Waals surface area contributed by atoms with E-state index in [1.165, 1.54) is 6.07 Å². The summed E-state index contributed by atoms with van der Waals surface area (Å²) in [6.45, 7) is 0. The van der Waals surface area contributed by atoms with E-state index in [9.17, 15) is 9.50 Å². The third-order valence-corrected chi connectivity index (χ3v) is 4.19. The number of benzene rings is 2. The van der Waals surface area contributed by atoms with Crippen LogP contribution < -0.4 is 0 Å². The predicted molar refractivity (Wildman–Crippen MR) is 86.2 cm³/mol. The average Bonchev–Trinajstić information content (AvgIpc) is 2.46. The third kappa shape index (κ3) is 2.44. The molecule has 0 saturated heterocycles. The Balaban J connectivity index is 2.25. The fourth-order valence-electron chi connectivity index (χ4n) is 2.75. The van der Waals surface area contributed by atoms with Crippen LogP contribution in [0, 0.1) is 5.82 Å². The van der Waals surface area contributed by atoms with E-state index in [1.807, 2.05) is 25.1 Å². The van der Waals surface area contributed by atoms with E-state index in [2.05, 4.69) is 4.99 Å². The summed E-state index contributed by atoms with van der Waals surface area (Å²) in [5.74, 6) is 0.515. The molecule has 0 fully saturated rings. The zero-order chi connectivity index (χ0) is 15.9. The Morgan fingerprint density at radius 2 is 1.91 bits per heavy atom. The molecule has 0 aliphatic carbocycles. The smallest absolute Gasteiger partial charge is 0.130 e. The van der Waals surface area contributed by atoms with E-state index < -0.39 is 11.9 Å². The topological polar surface area (TPSA) is 35.8 Å². The van der Waals surface area contributed by atoms with Crippen LogP contribution in [0.3, 0.4) is 0 Å². The number of phenols is 1. The van der Waals surface area contributed by atoms with Crippen molar-refractivity contribution in [2.75, 3.05) is 14.1 Å². The molecule has 0 aromatic heterocycles. The fourth-order valence-corrected chi connectivity index (χ4v) is 3.02. The molecule has 1 heterocycles. The second-order valence-corrected chi connectivity index (χ2v) is 5.91. The van der Waals surface area contributed by atoms with Crippen LogP contribution in [0.5, 0.6) is 5.75 Å². The Morgan fingerprint density at radius 1 is 1.18 bits per heavy atom. The number of nitrogens with zero attached hydrogens (tertiary/aromatic N) is 2. The van der Waals surface area contributed by atoms with Crippen molar-refractivity contribution < 1.29 is 9.50 Å². The summed E-state index contributed by atoms with van der Waals surface area (Å²) in [7, 11) is 3.79. The standard InChI is InChI=1S/C17H16ClFN2O/c1-21(2)14-9-10-5-3-8-13(22)15(10)17(20-14)16-11(18)6-4-7-12(16)19/h3-8,17,22H,9H2,1-2H3. The highest BCUT2D eigenvalue weighted by Gasteiger charge is 2.30. The molecule has 5 heteroatoms. The quantitative estimate of drug-likeness (QED) is 0.868. The van der Waals surface area contributed by atoms with Gasteiger partial charge in [-0.2, -0.15) is 0 Å². The Labute approximate surface area is 133 Å². The first kappa shape index (κ1) is 14.9. The second kappa shape index (κ2) is 5.61. The van der Waals surface area contributed by atoms with Gasteiger partial charge in [-0.3, -0.25) is 4.99 Å². The van der Waals surface area contributed by atoms with Gasteiger partial charge in [0.05, 0.1) is 0 Å². The molecule has 22 heavy (non-hydrogen) atoms. The Bertz CT molecular complexity index is 738. The van der Waals surface area contributed by atoms with Crippen molar-refractivity contribution >= 4 is 17.4 Å². The van der Waals surface area contributed by atoms with Gasteiger partial charge in [-0.05, 0) is 23.8 Å². The molecule has 2 aromatic carbocycles. The molecular weight excluding hydrogens is 303 g/mol. The summed E-state index contributed by atoms with van der Waals surface area (Å²) in [4.78, 5) is 6.53. The van der Waals surface area contributed by atoms with Crippen molar-refractivity contribution in [3.63, 3.8) is 0 Å². The van der Waals surface area contributed by atoms with Crippen molar-refractivity contribution in [2.45, 2.75) is 12.5 Å². The van der Waals surface area contributed by atoms with Gasteiger partial charge in [0.15, 0.2) is 0 Å². The van der Waals surface area contributed by atoms with Crippen LogP contribution in [-0.2, 0) is 6.42 Å². The number of halogens is 2. The van der Waals surface area contributed by atoms with Crippen molar-refractivity contribution in [3.8, 4) is 5.75 Å². The highest BCUT2D eigenvalue weighted by molar-refractivity contribution is 6.31. The molecule has 0 amide bonds. The Hall–Kier alpha value is -2.07. The first-order valence-corrected chi connectivity index (χ1v) is 7.35. The molecule has 1 aliphatic rings. The molecule has 3 rings (SSSR count). The van der Waals surface area contributed by atoms with Gasteiger partial charge in [0.25, 0.3) is 0 Å². The summed E-state index contributed by atoms with van der Waals surface area (Å²) in [5, 5.41) is 10.6. The summed E-state index contributed by atoms with van der Waals surface area (Å²) in [5.41, 5.74) is 1.86. The van der Waals surface area contributed by atoms with Crippen molar-refractivity contribution in [1.29, 1.82) is 0 Å². The van der Waals surface area contributed by atoms with Crippen LogP contribution >= 0.6 is 11.6 Å². The third-order valence-electron chi connectivity index (χ3n) is 3.86. The van der Waals surface area contributed by atoms with E-state index >= 15 is 0 Å². The lowest BCUT2D eigenvalue weighted by Crippen LogP contribution is -2.29. The molecule has 3 nitrogen and oxygen atoms in total. The minimum absolute atomic E-state index is 0.114. The minimum Gasteiger partial charge on any atom is -0.508 e. The van der Waals surface area contributed by atoms with E-state index in [1.54, 1.807) is 24.3 Å². The monoisotopic (exact) mass is 318 g/mol. The van der Waals surface area contributed by atoms with Crippen molar-refractivity contribution in [1.82, 2.24) is 4.90 Å². The number of hydrogen-bond acceptors (Lipinski definition) is 3. The number of hydrogen-bond donors (Lipinski definition) is 1. The van der Waals surface area contributed by atoms with Crippen LogP contribution in [-0.4, -0.2) is 29.9 Å². The van der Waals surface area contributed by atoms with Crippen LogP contribution in [0.4, 0.5) is 4.39 Å². The van der Waals surface area contributed by atoms with Gasteiger partial charge in [-0.15, -0.1) is 0 Å². The van der Waals surface area contributed by atoms with E-state index in [0.717, 1.165) is 11.4 Å². The molecule has 114 valence electrons. The summed E-state index contributed by atoms with van der Waals surface area (Å²) < 4.78 is 14.3. The number of aliphatic imine (C=N–C) groups is 1. The zero-order valence-electron chi connectivity index (χ0n) is 12.3. The maximum atomic E-state index is 14.3. The van der Waals surface area contributed by atoms with E-state index in [0.29, 0.717) is 22.6 Å². The Kier molecular flexibility index (Phi) is 3.79. The molecule has 0 spiro atoms. The van der Waals surface area contributed by atoms with Crippen LogP contribution in [0.1, 0.15) is 22.7 Å². The van der Waals surface area contributed by atoms with Crippen LogP contribution in [0.2, 0.25) is 5.02 Å². The normalized spacial score (nSPS) is 16.9. The zero-order valence-corrected chi connectivity index (χ0v) is 13.1.